The van der Waals surface area contributed by atoms with Gasteiger partial charge in [-0.15, -0.1) is 0 Å². The van der Waals surface area contributed by atoms with Crippen LogP contribution < -0.4 is 5.32 Å². The maximum atomic E-state index is 13.0. The van der Waals surface area contributed by atoms with Crippen LogP contribution in [-0.2, 0) is 6.54 Å². The molecule has 0 aliphatic rings. The fourth-order valence-electron chi connectivity index (χ4n) is 3.45. The van der Waals surface area contributed by atoms with Crippen molar-refractivity contribution in [1.29, 1.82) is 0 Å². The summed E-state index contributed by atoms with van der Waals surface area (Å²) in [6.07, 6.45) is 6.15. The lowest BCUT2D eigenvalue weighted by Crippen LogP contribution is -2.26. The summed E-state index contributed by atoms with van der Waals surface area (Å²) in [5.74, 6) is -0.243. The number of nitrogens with one attached hydrogen (secondary N) is 1. The first-order valence-corrected chi connectivity index (χ1v) is 11.1. The molecule has 4 rings (SSSR count). The molecular weight excluding hydrogens is 469 g/mol. The van der Waals surface area contributed by atoms with E-state index >= 15 is 0 Å². The SMILES string of the molecule is Cc1c(C(=O)NCCCn2ccnc2)nn(-c2ccc(Cl)cc2Cl)c1-c1ccc(Cl)cc1. The molecule has 4 aromatic rings. The van der Waals surface area contributed by atoms with E-state index in [4.69, 9.17) is 34.8 Å². The van der Waals surface area contributed by atoms with Crippen molar-refractivity contribution in [3.8, 4) is 16.9 Å². The van der Waals surface area contributed by atoms with Gasteiger partial charge in [0.2, 0.25) is 0 Å². The first-order chi connectivity index (χ1) is 15.4. The molecule has 0 aliphatic heterocycles. The summed E-state index contributed by atoms with van der Waals surface area (Å²) in [4.78, 5) is 17.0. The predicted molar refractivity (Wildman–Crippen MR) is 128 cm³/mol. The largest absolute Gasteiger partial charge is 0.351 e. The molecule has 32 heavy (non-hydrogen) atoms. The van der Waals surface area contributed by atoms with Gasteiger partial charge < -0.3 is 9.88 Å². The highest BCUT2D eigenvalue weighted by Crippen LogP contribution is 2.33. The molecule has 164 valence electrons. The molecular formula is C23H20Cl3N5O. The molecule has 0 saturated heterocycles. The summed E-state index contributed by atoms with van der Waals surface area (Å²) in [5, 5.41) is 9.16. The fraction of sp³-hybridized carbons (Fsp3) is 0.174. The number of rotatable bonds is 7. The lowest BCUT2D eigenvalue weighted by molar-refractivity contribution is 0.0946. The van der Waals surface area contributed by atoms with Crippen molar-refractivity contribution in [3.05, 3.63) is 87.5 Å². The van der Waals surface area contributed by atoms with E-state index in [2.05, 4.69) is 15.4 Å². The molecule has 1 amide bonds. The number of carbonyl (C=O) groups excluding carboxylic acids is 1. The Hall–Kier alpha value is -2.80. The number of halogens is 3. The van der Waals surface area contributed by atoms with E-state index < -0.39 is 0 Å². The van der Waals surface area contributed by atoms with Crippen molar-refractivity contribution in [2.45, 2.75) is 19.9 Å². The Bertz CT molecular complexity index is 1230. The molecule has 0 fully saturated rings. The van der Waals surface area contributed by atoms with Gasteiger partial charge in [0.15, 0.2) is 5.69 Å². The Kier molecular flexibility index (Phi) is 6.84. The third-order valence-corrected chi connectivity index (χ3v) is 5.82. The number of amides is 1. The van der Waals surface area contributed by atoms with Crippen LogP contribution in [0.5, 0.6) is 0 Å². The van der Waals surface area contributed by atoms with E-state index in [-0.39, 0.29) is 5.91 Å². The molecule has 1 N–H and O–H groups in total. The molecule has 6 nitrogen and oxygen atoms in total. The smallest absolute Gasteiger partial charge is 0.272 e. The molecule has 2 heterocycles. The number of benzene rings is 2. The fourth-order valence-corrected chi connectivity index (χ4v) is 4.07. The van der Waals surface area contributed by atoms with Crippen LogP contribution in [0.4, 0.5) is 0 Å². The van der Waals surface area contributed by atoms with E-state index in [0.717, 1.165) is 29.8 Å². The van der Waals surface area contributed by atoms with E-state index in [1.54, 1.807) is 47.5 Å². The number of carbonyl (C=O) groups is 1. The topological polar surface area (TPSA) is 64.7 Å². The van der Waals surface area contributed by atoms with Crippen molar-refractivity contribution >= 4 is 40.7 Å². The summed E-state index contributed by atoms with van der Waals surface area (Å²) in [6, 6.07) is 12.5. The average Bonchev–Trinajstić information content (AvgIpc) is 3.40. The number of imidazole rings is 1. The number of aromatic nitrogens is 4. The monoisotopic (exact) mass is 487 g/mol. The van der Waals surface area contributed by atoms with Crippen LogP contribution in [0.1, 0.15) is 22.5 Å². The minimum absolute atomic E-state index is 0.243. The van der Waals surface area contributed by atoms with Gasteiger partial charge in [-0.2, -0.15) is 5.10 Å². The predicted octanol–water partition coefficient (Wildman–Crippen LogP) is 5.82. The highest BCUT2D eigenvalue weighted by Gasteiger charge is 2.23. The zero-order chi connectivity index (χ0) is 22.7. The number of hydrogen-bond acceptors (Lipinski definition) is 3. The first kappa shape index (κ1) is 22.4. The molecule has 0 unspecified atom stereocenters. The quantitative estimate of drug-likeness (QED) is 0.333. The molecule has 0 aliphatic carbocycles. The summed E-state index contributed by atoms with van der Waals surface area (Å²) in [7, 11) is 0. The van der Waals surface area contributed by atoms with Gasteiger partial charge >= 0.3 is 0 Å². The van der Waals surface area contributed by atoms with Crippen LogP contribution in [-0.4, -0.2) is 31.8 Å². The maximum Gasteiger partial charge on any atom is 0.272 e. The molecule has 0 spiro atoms. The van der Waals surface area contributed by atoms with Gasteiger partial charge in [-0.25, -0.2) is 9.67 Å². The van der Waals surface area contributed by atoms with Crippen LogP contribution >= 0.6 is 34.8 Å². The van der Waals surface area contributed by atoms with Gasteiger partial charge in [0.1, 0.15) is 0 Å². The second-order valence-corrected chi connectivity index (χ2v) is 8.53. The first-order valence-electron chi connectivity index (χ1n) is 9.99. The lowest BCUT2D eigenvalue weighted by atomic mass is 10.1. The number of nitrogens with zero attached hydrogens (tertiary/aromatic N) is 4. The van der Waals surface area contributed by atoms with Crippen LogP contribution in [0.25, 0.3) is 16.9 Å². The van der Waals surface area contributed by atoms with Gasteiger partial charge in [0.25, 0.3) is 5.91 Å². The zero-order valence-corrected chi connectivity index (χ0v) is 19.5. The molecule has 0 saturated carbocycles. The Morgan fingerprint density at radius 1 is 1.06 bits per heavy atom. The minimum atomic E-state index is -0.243. The van der Waals surface area contributed by atoms with Crippen molar-refractivity contribution in [1.82, 2.24) is 24.6 Å². The van der Waals surface area contributed by atoms with E-state index in [9.17, 15) is 4.79 Å². The maximum absolute atomic E-state index is 13.0. The second-order valence-electron chi connectivity index (χ2n) is 7.25. The van der Waals surface area contributed by atoms with Crippen LogP contribution in [0.3, 0.4) is 0 Å². The Morgan fingerprint density at radius 2 is 1.81 bits per heavy atom. The van der Waals surface area contributed by atoms with Crippen LogP contribution in [0.15, 0.2) is 61.2 Å². The van der Waals surface area contributed by atoms with Crippen LogP contribution in [0, 0.1) is 6.92 Å². The van der Waals surface area contributed by atoms with Crippen molar-refractivity contribution in [2.24, 2.45) is 0 Å². The molecule has 0 atom stereocenters. The normalized spacial score (nSPS) is 11.0. The van der Waals surface area contributed by atoms with E-state index in [1.165, 1.54) is 0 Å². The standard InChI is InChI=1S/C23H20Cl3N5O/c1-15-21(23(32)28-9-2-11-30-12-10-27-14-30)29-31(20-8-7-18(25)13-19(20)26)22(15)16-3-5-17(24)6-4-16/h3-8,10,12-14H,2,9,11H2,1H3,(H,28,32). The number of aryl methyl sites for hydroxylation is 1. The van der Waals surface area contributed by atoms with Crippen molar-refractivity contribution < 1.29 is 4.79 Å². The lowest BCUT2D eigenvalue weighted by Gasteiger charge is -2.11. The second kappa shape index (κ2) is 9.77. The summed E-state index contributed by atoms with van der Waals surface area (Å²) < 4.78 is 3.64. The summed E-state index contributed by atoms with van der Waals surface area (Å²) in [6.45, 7) is 3.16. The molecule has 0 bridgehead atoms. The molecule has 2 aromatic carbocycles. The van der Waals surface area contributed by atoms with Crippen molar-refractivity contribution in [3.63, 3.8) is 0 Å². The minimum Gasteiger partial charge on any atom is -0.351 e. The Labute approximate surface area is 200 Å². The van der Waals surface area contributed by atoms with E-state index in [1.807, 2.05) is 29.8 Å². The third kappa shape index (κ3) is 4.83. The van der Waals surface area contributed by atoms with E-state index in [0.29, 0.717) is 33.0 Å². The molecule has 0 radical (unpaired) electrons. The Balaban J connectivity index is 1.65. The average molecular weight is 489 g/mol. The van der Waals surface area contributed by atoms with Gasteiger partial charge in [0, 0.05) is 46.7 Å². The highest BCUT2D eigenvalue weighted by molar-refractivity contribution is 6.35. The third-order valence-electron chi connectivity index (χ3n) is 5.03. The molecule has 9 heteroatoms. The Morgan fingerprint density at radius 3 is 2.50 bits per heavy atom. The number of hydrogen-bond donors (Lipinski definition) is 1. The summed E-state index contributed by atoms with van der Waals surface area (Å²) in [5.41, 5.74) is 3.33. The van der Waals surface area contributed by atoms with Gasteiger partial charge in [0.05, 0.1) is 22.7 Å². The molecule has 2 aromatic heterocycles. The van der Waals surface area contributed by atoms with Crippen LogP contribution in [0.2, 0.25) is 15.1 Å². The van der Waals surface area contributed by atoms with Gasteiger partial charge in [-0.3, -0.25) is 4.79 Å². The van der Waals surface area contributed by atoms with Crippen molar-refractivity contribution in [2.75, 3.05) is 6.54 Å². The summed E-state index contributed by atoms with van der Waals surface area (Å²) >= 11 is 18.6. The zero-order valence-electron chi connectivity index (χ0n) is 17.2. The highest BCUT2D eigenvalue weighted by atomic mass is 35.5. The van der Waals surface area contributed by atoms with Gasteiger partial charge in [-0.05, 0) is 43.7 Å². The van der Waals surface area contributed by atoms with Gasteiger partial charge in [-0.1, -0.05) is 46.9 Å².